The van der Waals surface area contributed by atoms with Gasteiger partial charge in [0.15, 0.2) is 0 Å². The fourth-order valence-corrected chi connectivity index (χ4v) is 2.86. The maximum absolute atomic E-state index is 12.4. The van der Waals surface area contributed by atoms with Gasteiger partial charge in [-0.15, -0.1) is 0 Å². The fourth-order valence-electron chi connectivity index (χ4n) is 2.86. The maximum Gasteiger partial charge on any atom is 0.273 e. The largest absolute Gasteiger partial charge is 0.378 e. The van der Waals surface area contributed by atoms with Crippen LogP contribution in [0.4, 0.5) is 11.4 Å². The first-order chi connectivity index (χ1) is 13.0. The molecule has 0 saturated carbocycles. The molecule has 0 unspecified atom stereocenters. The quantitative estimate of drug-likeness (QED) is 0.643. The second kappa shape index (κ2) is 8.41. The van der Waals surface area contributed by atoms with Crippen LogP contribution >= 0.6 is 0 Å². The molecule has 0 atom stereocenters. The number of nitro groups is 1. The average Bonchev–Trinajstić information content (AvgIpc) is 2.69. The van der Waals surface area contributed by atoms with E-state index in [4.69, 9.17) is 4.74 Å². The normalized spacial score (nSPS) is 13.9. The molecular weight excluding hydrogens is 350 g/mol. The SMILES string of the molecule is O=C(Cc1ccccc1[N+](=O)[O-])Nc1ccc(C(=O)N2CCOCC2)cc1. The molecule has 0 bridgehead atoms. The van der Waals surface area contributed by atoms with Crippen molar-refractivity contribution in [2.75, 3.05) is 31.6 Å². The number of hydrogen-bond acceptors (Lipinski definition) is 5. The molecule has 0 aliphatic carbocycles. The van der Waals surface area contributed by atoms with E-state index in [-0.39, 0.29) is 23.9 Å². The molecule has 0 radical (unpaired) electrons. The molecule has 1 aliphatic rings. The van der Waals surface area contributed by atoms with Gasteiger partial charge >= 0.3 is 0 Å². The van der Waals surface area contributed by atoms with E-state index in [2.05, 4.69) is 5.32 Å². The van der Waals surface area contributed by atoms with E-state index in [1.54, 1.807) is 47.4 Å². The predicted molar refractivity (Wildman–Crippen MR) is 98.6 cm³/mol. The van der Waals surface area contributed by atoms with Gasteiger partial charge in [0.1, 0.15) is 0 Å². The molecule has 8 heteroatoms. The van der Waals surface area contributed by atoms with E-state index >= 15 is 0 Å². The van der Waals surface area contributed by atoms with Gasteiger partial charge in [-0.3, -0.25) is 19.7 Å². The topological polar surface area (TPSA) is 102 Å². The van der Waals surface area contributed by atoms with Crippen molar-refractivity contribution in [1.82, 2.24) is 4.90 Å². The maximum atomic E-state index is 12.4. The number of carbonyl (C=O) groups is 2. The number of morpholine rings is 1. The lowest BCUT2D eigenvalue weighted by atomic mass is 10.1. The van der Waals surface area contributed by atoms with Crippen LogP contribution in [0.15, 0.2) is 48.5 Å². The first-order valence-corrected chi connectivity index (χ1v) is 8.54. The van der Waals surface area contributed by atoms with Gasteiger partial charge in [-0.1, -0.05) is 18.2 Å². The van der Waals surface area contributed by atoms with Gasteiger partial charge < -0.3 is 15.0 Å². The van der Waals surface area contributed by atoms with Crippen molar-refractivity contribution >= 4 is 23.2 Å². The molecule has 2 aromatic rings. The first kappa shape index (κ1) is 18.5. The van der Waals surface area contributed by atoms with E-state index in [9.17, 15) is 19.7 Å². The second-order valence-corrected chi connectivity index (χ2v) is 6.09. The second-order valence-electron chi connectivity index (χ2n) is 6.09. The highest BCUT2D eigenvalue weighted by molar-refractivity contribution is 5.96. The van der Waals surface area contributed by atoms with Gasteiger partial charge in [0, 0.05) is 36.0 Å². The summed E-state index contributed by atoms with van der Waals surface area (Å²) >= 11 is 0. The van der Waals surface area contributed by atoms with Gasteiger partial charge in [0.05, 0.1) is 24.6 Å². The Kier molecular flexibility index (Phi) is 5.77. The highest BCUT2D eigenvalue weighted by atomic mass is 16.6. The number of para-hydroxylation sites is 1. The molecule has 8 nitrogen and oxygen atoms in total. The lowest BCUT2D eigenvalue weighted by Crippen LogP contribution is -2.40. The van der Waals surface area contributed by atoms with Crippen LogP contribution in [-0.4, -0.2) is 47.9 Å². The summed E-state index contributed by atoms with van der Waals surface area (Å²) in [7, 11) is 0. The van der Waals surface area contributed by atoms with Crippen LogP contribution in [0.3, 0.4) is 0 Å². The van der Waals surface area contributed by atoms with Crippen LogP contribution in [0.5, 0.6) is 0 Å². The summed E-state index contributed by atoms with van der Waals surface area (Å²) in [4.78, 5) is 36.8. The van der Waals surface area contributed by atoms with Crippen LogP contribution < -0.4 is 5.32 Å². The Bertz CT molecular complexity index is 845. The van der Waals surface area contributed by atoms with Gasteiger partial charge in [-0.05, 0) is 24.3 Å². The monoisotopic (exact) mass is 369 g/mol. The Morgan fingerprint density at radius 2 is 1.74 bits per heavy atom. The lowest BCUT2D eigenvalue weighted by Gasteiger charge is -2.26. The summed E-state index contributed by atoms with van der Waals surface area (Å²) in [5.74, 6) is -0.437. The highest BCUT2D eigenvalue weighted by Gasteiger charge is 2.19. The predicted octanol–water partition coefficient (Wildman–Crippen LogP) is 2.25. The zero-order valence-corrected chi connectivity index (χ0v) is 14.6. The smallest absolute Gasteiger partial charge is 0.273 e. The van der Waals surface area contributed by atoms with E-state index in [1.807, 2.05) is 0 Å². The van der Waals surface area contributed by atoms with Crippen molar-refractivity contribution in [2.24, 2.45) is 0 Å². The first-order valence-electron chi connectivity index (χ1n) is 8.54. The minimum Gasteiger partial charge on any atom is -0.378 e. The van der Waals surface area contributed by atoms with Crippen molar-refractivity contribution in [3.63, 3.8) is 0 Å². The number of nitrogens with zero attached hydrogens (tertiary/aromatic N) is 2. The molecule has 2 aromatic carbocycles. The summed E-state index contributed by atoms with van der Waals surface area (Å²) in [6, 6.07) is 12.7. The van der Waals surface area contributed by atoms with E-state index < -0.39 is 4.92 Å². The Balaban J connectivity index is 1.62. The third-order valence-corrected chi connectivity index (χ3v) is 4.25. The van der Waals surface area contributed by atoms with Crippen molar-refractivity contribution < 1.29 is 19.2 Å². The molecule has 1 heterocycles. The summed E-state index contributed by atoms with van der Waals surface area (Å²) in [6.45, 7) is 2.19. The Morgan fingerprint density at radius 1 is 1.07 bits per heavy atom. The summed E-state index contributed by atoms with van der Waals surface area (Å²) in [6.07, 6.45) is -0.106. The number of nitro benzene ring substituents is 1. The van der Waals surface area contributed by atoms with Gasteiger partial charge in [-0.2, -0.15) is 0 Å². The van der Waals surface area contributed by atoms with Gasteiger partial charge in [0.2, 0.25) is 5.91 Å². The highest BCUT2D eigenvalue weighted by Crippen LogP contribution is 2.19. The molecule has 1 aliphatic heterocycles. The van der Waals surface area contributed by atoms with E-state index in [0.717, 1.165) is 0 Å². The minimum atomic E-state index is -0.505. The molecule has 1 N–H and O–H groups in total. The number of benzene rings is 2. The van der Waals surface area contributed by atoms with Crippen molar-refractivity contribution in [3.05, 3.63) is 69.8 Å². The number of rotatable bonds is 5. The van der Waals surface area contributed by atoms with Crippen molar-refractivity contribution in [3.8, 4) is 0 Å². The molecule has 1 fully saturated rings. The number of nitrogens with one attached hydrogen (secondary N) is 1. The van der Waals surface area contributed by atoms with Crippen LogP contribution in [0.2, 0.25) is 0 Å². The van der Waals surface area contributed by atoms with Crippen LogP contribution in [0, 0.1) is 10.1 Å². The third-order valence-electron chi connectivity index (χ3n) is 4.25. The Hall–Kier alpha value is -3.26. The molecule has 1 saturated heterocycles. The zero-order valence-electron chi connectivity index (χ0n) is 14.6. The zero-order chi connectivity index (χ0) is 19.2. The number of carbonyl (C=O) groups excluding carboxylic acids is 2. The number of anilines is 1. The number of ether oxygens (including phenoxy) is 1. The van der Waals surface area contributed by atoms with Crippen molar-refractivity contribution in [1.29, 1.82) is 0 Å². The number of hydrogen-bond donors (Lipinski definition) is 1. The Morgan fingerprint density at radius 3 is 2.41 bits per heavy atom. The lowest BCUT2D eigenvalue weighted by molar-refractivity contribution is -0.385. The number of amides is 2. The van der Waals surface area contributed by atoms with Gasteiger partial charge in [-0.25, -0.2) is 0 Å². The van der Waals surface area contributed by atoms with Crippen molar-refractivity contribution in [2.45, 2.75) is 6.42 Å². The fraction of sp³-hybridized carbons (Fsp3) is 0.263. The molecule has 3 rings (SSSR count). The summed E-state index contributed by atoms with van der Waals surface area (Å²) in [5, 5.41) is 13.7. The van der Waals surface area contributed by atoms with Crippen LogP contribution in [0.25, 0.3) is 0 Å². The van der Waals surface area contributed by atoms with Gasteiger partial charge in [0.25, 0.3) is 11.6 Å². The minimum absolute atomic E-state index is 0.0731. The Labute approximate surface area is 155 Å². The molecular formula is C19H19N3O5. The molecule has 0 spiro atoms. The van der Waals surface area contributed by atoms with Crippen LogP contribution in [0.1, 0.15) is 15.9 Å². The summed E-state index contributed by atoms with van der Waals surface area (Å²) < 4.78 is 5.24. The summed E-state index contributed by atoms with van der Waals surface area (Å²) in [5.41, 5.74) is 1.32. The van der Waals surface area contributed by atoms with E-state index in [1.165, 1.54) is 6.07 Å². The standard InChI is InChI=1S/C19H19N3O5/c23-18(13-15-3-1-2-4-17(15)22(25)26)20-16-7-5-14(6-8-16)19(24)21-9-11-27-12-10-21/h1-8H,9-13H2,(H,20,23). The molecule has 0 aromatic heterocycles. The van der Waals surface area contributed by atoms with Crippen LogP contribution in [-0.2, 0) is 16.0 Å². The molecule has 2 amide bonds. The average molecular weight is 369 g/mol. The molecule has 140 valence electrons. The molecule has 27 heavy (non-hydrogen) atoms. The third kappa shape index (κ3) is 4.68. The van der Waals surface area contributed by atoms with E-state index in [0.29, 0.717) is 43.1 Å².